The highest BCUT2D eigenvalue weighted by molar-refractivity contribution is 5.85. The topological polar surface area (TPSA) is 31.4 Å². The number of hydrogen-bond acceptors (Lipinski definition) is 4. The first kappa shape index (κ1) is 17.5. The van der Waals surface area contributed by atoms with Gasteiger partial charge in [-0.05, 0) is 30.5 Å². The lowest BCUT2D eigenvalue weighted by Gasteiger charge is -2.27. The highest BCUT2D eigenvalue weighted by atomic mass is 35.5. The summed E-state index contributed by atoms with van der Waals surface area (Å²) >= 11 is 0. The minimum absolute atomic E-state index is 0. The van der Waals surface area contributed by atoms with E-state index in [2.05, 4.69) is 32.2 Å². The predicted molar refractivity (Wildman–Crippen MR) is 88.3 cm³/mol. The van der Waals surface area contributed by atoms with Gasteiger partial charge < -0.3 is 10.2 Å². The second-order valence-electron chi connectivity index (χ2n) is 5.24. The van der Waals surface area contributed by atoms with Gasteiger partial charge in [0.05, 0.1) is 0 Å². The van der Waals surface area contributed by atoms with Crippen LogP contribution in [0.4, 0.5) is 5.82 Å². The van der Waals surface area contributed by atoms with Gasteiger partial charge in [-0.2, -0.15) is 0 Å². The van der Waals surface area contributed by atoms with Gasteiger partial charge in [-0.15, -0.1) is 24.8 Å². The second-order valence-corrected chi connectivity index (χ2v) is 5.24. The van der Waals surface area contributed by atoms with Crippen molar-refractivity contribution in [2.75, 3.05) is 44.2 Å². The number of hydrogen-bond donors (Lipinski definition) is 1. The Hall–Kier alpha value is -0.550. The van der Waals surface area contributed by atoms with Crippen LogP contribution in [0, 0.1) is 0 Å². The summed E-state index contributed by atoms with van der Waals surface area (Å²) in [5, 5.41) is 3.39. The van der Waals surface area contributed by atoms with E-state index in [4.69, 9.17) is 0 Å². The zero-order chi connectivity index (χ0) is 12.2. The van der Waals surface area contributed by atoms with Crippen molar-refractivity contribution in [1.82, 2.24) is 15.2 Å². The van der Waals surface area contributed by atoms with Crippen LogP contribution in [0.1, 0.15) is 18.4 Å². The summed E-state index contributed by atoms with van der Waals surface area (Å²) in [4.78, 5) is 9.43. The second kappa shape index (κ2) is 8.67. The fourth-order valence-electron chi connectivity index (χ4n) is 2.81. The van der Waals surface area contributed by atoms with E-state index in [-0.39, 0.29) is 24.8 Å². The van der Waals surface area contributed by atoms with E-state index in [0.717, 1.165) is 32.7 Å². The minimum atomic E-state index is 0. The van der Waals surface area contributed by atoms with E-state index in [9.17, 15) is 0 Å². The van der Waals surface area contributed by atoms with E-state index >= 15 is 0 Å². The van der Waals surface area contributed by atoms with Gasteiger partial charge in [-0.1, -0.05) is 0 Å². The molecule has 1 N–H and O–H groups in total. The Balaban J connectivity index is 0.000001000. The molecule has 0 aliphatic carbocycles. The van der Waals surface area contributed by atoms with Crippen LogP contribution in [0.5, 0.6) is 0 Å². The van der Waals surface area contributed by atoms with Gasteiger partial charge in [-0.3, -0.25) is 4.90 Å². The van der Waals surface area contributed by atoms with Crippen molar-refractivity contribution in [3.63, 3.8) is 0 Å². The van der Waals surface area contributed by atoms with Gasteiger partial charge in [0, 0.05) is 52.0 Å². The zero-order valence-corrected chi connectivity index (χ0v) is 13.4. The summed E-state index contributed by atoms with van der Waals surface area (Å²) in [5.41, 5.74) is 1.40. The summed E-state index contributed by atoms with van der Waals surface area (Å²) in [6, 6.07) is 4.43. The molecule has 1 aromatic heterocycles. The quantitative estimate of drug-likeness (QED) is 0.922. The van der Waals surface area contributed by atoms with E-state index in [1.807, 2.05) is 6.20 Å². The number of anilines is 1. The van der Waals surface area contributed by atoms with Gasteiger partial charge in [0.15, 0.2) is 0 Å². The van der Waals surface area contributed by atoms with Crippen molar-refractivity contribution in [1.29, 1.82) is 0 Å². The first-order valence-electron chi connectivity index (χ1n) is 7.05. The third kappa shape index (κ3) is 4.48. The molecule has 0 aromatic carbocycles. The SMILES string of the molecule is Cl.Cl.c1cc(CN2CCNCC2)cc(N2CCCC2)n1. The molecule has 6 heteroatoms. The molecule has 114 valence electrons. The maximum Gasteiger partial charge on any atom is 0.128 e. The average molecular weight is 319 g/mol. The lowest BCUT2D eigenvalue weighted by atomic mass is 10.2. The van der Waals surface area contributed by atoms with Crippen LogP contribution < -0.4 is 10.2 Å². The number of halogens is 2. The molecule has 4 nitrogen and oxygen atoms in total. The summed E-state index contributed by atoms with van der Waals surface area (Å²) in [6.07, 6.45) is 4.58. The van der Waals surface area contributed by atoms with Crippen LogP contribution in [0.15, 0.2) is 18.3 Å². The van der Waals surface area contributed by atoms with Crippen molar-refractivity contribution in [3.8, 4) is 0 Å². The summed E-state index contributed by atoms with van der Waals surface area (Å²) in [6.45, 7) is 7.94. The number of nitrogens with zero attached hydrogens (tertiary/aromatic N) is 3. The third-order valence-corrected chi connectivity index (χ3v) is 3.86. The van der Waals surface area contributed by atoms with E-state index < -0.39 is 0 Å². The first-order chi connectivity index (χ1) is 8.92. The van der Waals surface area contributed by atoms with E-state index in [0.29, 0.717) is 0 Å². The molecule has 0 amide bonds. The number of rotatable bonds is 3. The monoisotopic (exact) mass is 318 g/mol. The van der Waals surface area contributed by atoms with Crippen LogP contribution in [-0.4, -0.2) is 49.2 Å². The maximum atomic E-state index is 4.51. The summed E-state index contributed by atoms with van der Waals surface area (Å²) in [7, 11) is 0. The van der Waals surface area contributed by atoms with Gasteiger partial charge in [-0.25, -0.2) is 4.98 Å². The van der Waals surface area contributed by atoms with Gasteiger partial charge in [0.25, 0.3) is 0 Å². The zero-order valence-electron chi connectivity index (χ0n) is 11.8. The van der Waals surface area contributed by atoms with Crippen molar-refractivity contribution >= 4 is 30.6 Å². The fourth-order valence-corrected chi connectivity index (χ4v) is 2.81. The first-order valence-corrected chi connectivity index (χ1v) is 7.05. The molecule has 0 atom stereocenters. The molecule has 2 aliphatic rings. The van der Waals surface area contributed by atoms with Crippen molar-refractivity contribution in [2.24, 2.45) is 0 Å². The van der Waals surface area contributed by atoms with Crippen LogP contribution in [-0.2, 0) is 6.54 Å². The molecule has 0 bridgehead atoms. The van der Waals surface area contributed by atoms with Crippen molar-refractivity contribution in [2.45, 2.75) is 19.4 Å². The number of aromatic nitrogens is 1. The normalized spacial score (nSPS) is 19.3. The van der Waals surface area contributed by atoms with Crippen LogP contribution in [0.25, 0.3) is 0 Å². The molecule has 2 aliphatic heterocycles. The molecule has 20 heavy (non-hydrogen) atoms. The largest absolute Gasteiger partial charge is 0.357 e. The molecular formula is C14H24Cl2N4. The van der Waals surface area contributed by atoms with Crippen molar-refractivity contribution in [3.05, 3.63) is 23.9 Å². The molecular weight excluding hydrogens is 295 g/mol. The maximum absolute atomic E-state index is 4.51. The molecule has 2 fully saturated rings. The Bertz CT molecular complexity index is 391. The molecule has 3 rings (SSSR count). The summed E-state index contributed by atoms with van der Waals surface area (Å²) in [5.74, 6) is 1.17. The molecule has 1 aromatic rings. The lowest BCUT2D eigenvalue weighted by Crippen LogP contribution is -2.42. The highest BCUT2D eigenvalue weighted by Crippen LogP contribution is 2.19. The molecule has 2 saturated heterocycles. The van der Waals surface area contributed by atoms with Crippen LogP contribution in [0.2, 0.25) is 0 Å². The number of pyridine rings is 1. The van der Waals surface area contributed by atoms with E-state index in [1.165, 1.54) is 37.3 Å². The molecule has 0 radical (unpaired) electrons. The van der Waals surface area contributed by atoms with Gasteiger partial charge >= 0.3 is 0 Å². The minimum Gasteiger partial charge on any atom is -0.357 e. The van der Waals surface area contributed by atoms with Crippen LogP contribution in [0.3, 0.4) is 0 Å². The Morgan fingerprint density at radius 3 is 2.45 bits per heavy atom. The predicted octanol–water partition coefficient (Wildman–Crippen LogP) is 1.93. The Morgan fingerprint density at radius 2 is 1.75 bits per heavy atom. The van der Waals surface area contributed by atoms with Crippen molar-refractivity contribution < 1.29 is 0 Å². The Labute approximate surface area is 133 Å². The summed E-state index contributed by atoms with van der Waals surface area (Å²) < 4.78 is 0. The Kier molecular flexibility index (Phi) is 7.59. The van der Waals surface area contributed by atoms with Gasteiger partial charge in [0.1, 0.15) is 5.82 Å². The third-order valence-electron chi connectivity index (χ3n) is 3.86. The van der Waals surface area contributed by atoms with Crippen LogP contribution >= 0.6 is 24.8 Å². The Morgan fingerprint density at radius 1 is 1.05 bits per heavy atom. The van der Waals surface area contributed by atoms with Gasteiger partial charge in [0.2, 0.25) is 0 Å². The number of nitrogens with one attached hydrogen (secondary N) is 1. The molecule has 3 heterocycles. The fraction of sp³-hybridized carbons (Fsp3) is 0.643. The van der Waals surface area contributed by atoms with E-state index in [1.54, 1.807) is 0 Å². The lowest BCUT2D eigenvalue weighted by molar-refractivity contribution is 0.233. The standard InChI is InChI=1S/C14H22N4.2ClH/c1-2-8-18(7-1)14-11-13(3-4-16-14)12-17-9-5-15-6-10-17;;/h3-4,11,15H,1-2,5-10,12H2;2*1H. The molecule has 0 unspecified atom stereocenters. The smallest absolute Gasteiger partial charge is 0.128 e. The highest BCUT2D eigenvalue weighted by Gasteiger charge is 2.15. The molecule has 0 spiro atoms. The number of piperazine rings is 1. The average Bonchev–Trinajstić information content (AvgIpc) is 2.94. The molecule has 0 saturated carbocycles.